The minimum absolute atomic E-state index is 0.179. The van der Waals surface area contributed by atoms with Gasteiger partial charge in [0.2, 0.25) is 11.9 Å². The first-order chi connectivity index (χ1) is 19.3. The molecule has 1 aromatic heterocycles. The number of benzene rings is 1. The molecule has 0 radical (unpaired) electrons. The summed E-state index contributed by atoms with van der Waals surface area (Å²) in [6, 6.07) is 7.57. The number of hydrogen-bond donors (Lipinski definition) is 4. The minimum atomic E-state index is -0.458. The highest BCUT2D eigenvalue weighted by molar-refractivity contribution is 6.31. The Morgan fingerprint density at radius 3 is 2.40 bits per heavy atom. The second-order valence-electron chi connectivity index (χ2n) is 11.7. The van der Waals surface area contributed by atoms with Crippen molar-refractivity contribution in [2.24, 2.45) is 29.6 Å². The molecule has 4 N–H and O–H groups in total. The first kappa shape index (κ1) is 30.3. The van der Waals surface area contributed by atoms with E-state index in [0.29, 0.717) is 47.7 Å². The molecule has 2 fully saturated rings. The van der Waals surface area contributed by atoms with E-state index in [-0.39, 0.29) is 17.6 Å². The Labute approximate surface area is 243 Å². The number of aromatic nitrogens is 2. The Hall–Kier alpha value is -2.71. The zero-order valence-corrected chi connectivity index (χ0v) is 24.6. The van der Waals surface area contributed by atoms with E-state index in [9.17, 15) is 9.18 Å². The lowest BCUT2D eigenvalue weighted by molar-refractivity contribution is -0.125. The molecule has 2 saturated carbocycles. The normalized spacial score (nSPS) is 24.8. The topological polar surface area (TPSA) is 91.0 Å². The Balaban J connectivity index is 1.26. The van der Waals surface area contributed by atoms with Gasteiger partial charge >= 0.3 is 0 Å². The zero-order chi connectivity index (χ0) is 28.5. The zero-order valence-electron chi connectivity index (χ0n) is 23.8. The molecule has 40 heavy (non-hydrogen) atoms. The lowest BCUT2D eigenvalue weighted by atomic mass is 9.72. The number of hydrogen-bond acceptors (Lipinski definition) is 6. The fourth-order valence-corrected chi connectivity index (χ4v) is 6.46. The van der Waals surface area contributed by atoms with E-state index in [1.807, 2.05) is 24.3 Å². The van der Waals surface area contributed by atoms with Gasteiger partial charge in [-0.25, -0.2) is 9.37 Å². The molecule has 0 saturated heterocycles. The Morgan fingerprint density at radius 2 is 1.70 bits per heavy atom. The Bertz CT molecular complexity index is 1140. The highest BCUT2D eigenvalue weighted by Crippen LogP contribution is 2.37. The highest BCUT2D eigenvalue weighted by Gasteiger charge is 2.30. The maximum atomic E-state index is 14.6. The predicted molar refractivity (Wildman–Crippen MR) is 161 cm³/mol. The summed E-state index contributed by atoms with van der Waals surface area (Å²) in [7, 11) is 1.73. The summed E-state index contributed by atoms with van der Waals surface area (Å²) in [6.45, 7) is 9.47. The van der Waals surface area contributed by atoms with Gasteiger partial charge in [-0.05, 0) is 100 Å². The smallest absolute Gasteiger partial charge is 0.225 e. The van der Waals surface area contributed by atoms with Crippen molar-refractivity contribution in [3.05, 3.63) is 59.0 Å². The summed E-state index contributed by atoms with van der Waals surface area (Å²) >= 11 is 6.24. The summed E-state index contributed by atoms with van der Waals surface area (Å²) in [6.07, 6.45) is 8.66. The van der Waals surface area contributed by atoms with Crippen LogP contribution >= 0.6 is 11.6 Å². The fraction of sp³-hybridized carbons (Fsp3) is 0.581. The second-order valence-corrected chi connectivity index (χ2v) is 12.1. The summed E-state index contributed by atoms with van der Waals surface area (Å²) in [4.78, 5) is 20.4. The van der Waals surface area contributed by atoms with Crippen molar-refractivity contribution in [3.8, 4) is 0 Å². The SMILES string of the molecule is C=C(C)C1C[C@@H](CNCC2CCC(C(=O)NC)CC2)C[C@H](CNc2nc(NCc3ccccc3Cl)ncc2F)C1. The van der Waals surface area contributed by atoms with Gasteiger partial charge in [-0.3, -0.25) is 4.79 Å². The average Bonchev–Trinajstić information content (AvgIpc) is 2.96. The number of carbonyl (C=O) groups is 1. The van der Waals surface area contributed by atoms with Crippen molar-refractivity contribution in [2.75, 3.05) is 37.3 Å². The van der Waals surface area contributed by atoms with Gasteiger partial charge in [0.05, 0.1) is 6.20 Å². The lowest BCUT2D eigenvalue weighted by Gasteiger charge is -2.36. The Morgan fingerprint density at radius 1 is 1.00 bits per heavy atom. The molecule has 1 unspecified atom stereocenters. The van der Waals surface area contributed by atoms with Gasteiger partial charge in [0, 0.05) is 31.1 Å². The van der Waals surface area contributed by atoms with Crippen molar-refractivity contribution in [2.45, 2.75) is 58.4 Å². The number of allylic oxidation sites excluding steroid dienone is 1. The van der Waals surface area contributed by atoms with Crippen LogP contribution in [-0.4, -0.2) is 42.6 Å². The molecule has 2 aromatic rings. The third kappa shape index (κ3) is 8.64. The van der Waals surface area contributed by atoms with Gasteiger partial charge in [-0.2, -0.15) is 4.98 Å². The molecule has 4 rings (SSSR count). The van der Waals surface area contributed by atoms with Crippen LogP contribution in [0.3, 0.4) is 0 Å². The molecule has 1 aromatic carbocycles. The van der Waals surface area contributed by atoms with Crippen LogP contribution in [0.5, 0.6) is 0 Å². The summed E-state index contributed by atoms with van der Waals surface area (Å²) in [5.74, 6) is 2.55. The van der Waals surface area contributed by atoms with E-state index in [4.69, 9.17) is 11.6 Å². The van der Waals surface area contributed by atoms with Crippen LogP contribution in [0.25, 0.3) is 0 Å². The van der Waals surface area contributed by atoms with Gasteiger partial charge < -0.3 is 21.3 Å². The van der Waals surface area contributed by atoms with Crippen LogP contribution in [0.1, 0.15) is 57.4 Å². The molecule has 0 aliphatic heterocycles. The third-order valence-corrected chi connectivity index (χ3v) is 9.00. The summed E-state index contributed by atoms with van der Waals surface area (Å²) in [5.41, 5.74) is 2.15. The van der Waals surface area contributed by atoms with E-state index in [0.717, 1.165) is 63.6 Å². The average molecular weight is 571 g/mol. The van der Waals surface area contributed by atoms with Gasteiger partial charge in [-0.15, -0.1) is 0 Å². The van der Waals surface area contributed by atoms with Crippen molar-refractivity contribution < 1.29 is 9.18 Å². The predicted octanol–water partition coefficient (Wildman–Crippen LogP) is 6.04. The van der Waals surface area contributed by atoms with Crippen LogP contribution in [-0.2, 0) is 11.3 Å². The maximum Gasteiger partial charge on any atom is 0.225 e. The number of rotatable bonds is 12. The van der Waals surface area contributed by atoms with Gasteiger partial charge in [0.15, 0.2) is 11.6 Å². The van der Waals surface area contributed by atoms with Crippen molar-refractivity contribution in [1.82, 2.24) is 20.6 Å². The van der Waals surface area contributed by atoms with Gasteiger partial charge in [0.1, 0.15) is 0 Å². The summed E-state index contributed by atoms with van der Waals surface area (Å²) < 4.78 is 14.6. The lowest BCUT2D eigenvalue weighted by Crippen LogP contribution is -2.37. The van der Waals surface area contributed by atoms with Crippen molar-refractivity contribution in [1.29, 1.82) is 0 Å². The Kier molecular flexibility index (Phi) is 11.2. The molecule has 9 heteroatoms. The van der Waals surface area contributed by atoms with Crippen LogP contribution in [0.4, 0.5) is 16.2 Å². The van der Waals surface area contributed by atoms with E-state index < -0.39 is 5.82 Å². The maximum absolute atomic E-state index is 14.6. The quantitative estimate of drug-likeness (QED) is 0.232. The van der Waals surface area contributed by atoms with Crippen LogP contribution < -0.4 is 21.3 Å². The van der Waals surface area contributed by atoms with E-state index in [1.54, 1.807) is 7.05 Å². The van der Waals surface area contributed by atoms with E-state index in [2.05, 4.69) is 44.7 Å². The number of anilines is 2. The monoisotopic (exact) mass is 570 g/mol. The molecule has 0 spiro atoms. The molecule has 218 valence electrons. The molecule has 3 atom stereocenters. The molecule has 1 amide bonds. The number of nitrogens with one attached hydrogen (secondary N) is 4. The molecule has 2 aliphatic rings. The van der Waals surface area contributed by atoms with Crippen LogP contribution in [0.15, 0.2) is 42.6 Å². The largest absolute Gasteiger partial charge is 0.367 e. The number of nitrogens with zero attached hydrogens (tertiary/aromatic N) is 2. The van der Waals surface area contributed by atoms with Crippen LogP contribution in [0, 0.1) is 35.4 Å². The number of halogens is 2. The first-order valence-electron chi connectivity index (χ1n) is 14.6. The van der Waals surface area contributed by atoms with Crippen LogP contribution in [0.2, 0.25) is 5.02 Å². The fourth-order valence-electron chi connectivity index (χ4n) is 6.26. The standard InChI is InChI=1S/C31H44ClFN6O/c1-20(2)26-13-22(16-35-15-21-8-10-24(11-9-21)30(40)34-3)12-23(14-26)17-36-29-28(33)19-38-31(39-29)37-18-25-6-4-5-7-27(25)32/h4-7,19,21-24,26,35H,1,8-18H2,2-3H3,(H,34,40)(H2,36,37,38,39)/t21?,22-,23-,24?,26?/m0/s1. The molecule has 2 aliphatic carbocycles. The minimum Gasteiger partial charge on any atom is -0.367 e. The molecular formula is C31H44ClFN6O. The number of amides is 1. The van der Waals surface area contributed by atoms with Gasteiger partial charge in [0.25, 0.3) is 0 Å². The second kappa shape index (κ2) is 14.8. The molecular weight excluding hydrogens is 527 g/mol. The van der Waals surface area contributed by atoms with Gasteiger partial charge in [-0.1, -0.05) is 42.0 Å². The third-order valence-electron chi connectivity index (χ3n) is 8.63. The number of carbonyl (C=O) groups excluding carboxylic acids is 1. The first-order valence-corrected chi connectivity index (χ1v) is 15.0. The summed E-state index contributed by atoms with van der Waals surface area (Å²) in [5, 5.41) is 13.6. The molecule has 1 heterocycles. The molecule has 7 nitrogen and oxygen atoms in total. The molecule has 0 bridgehead atoms. The van der Waals surface area contributed by atoms with Crippen molar-refractivity contribution >= 4 is 29.3 Å². The van der Waals surface area contributed by atoms with E-state index in [1.165, 1.54) is 11.8 Å². The highest BCUT2D eigenvalue weighted by atomic mass is 35.5. The van der Waals surface area contributed by atoms with E-state index >= 15 is 0 Å². The van der Waals surface area contributed by atoms with Crippen molar-refractivity contribution in [3.63, 3.8) is 0 Å².